The molecule has 1 heterocycles. The van der Waals surface area contributed by atoms with Gasteiger partial charge in [0.05, 0.1) is 0 Å². The largest absolute Gasteiger partial charge is 0.350 e. The van der Waals surface area contributed by atoms with Crippen molar-refractivity contribution in [3.05, 3.63) is 95.1 Å². The number of fused-ring (bicyclic) bond motifs is 1. The molecule has 0 fully saturated rings. The number of hydrogen-bond acceptors (Lipinski definition) is 3. The first-order valence-corrected chi connectivity index (χ1v) is 12.7. The smallest absolute Gasteiger partial charge is 0.319 e. The van der Waals surface area contributed by atoms with Crippen LogP contribution in [0.4, 0.5) is 25.0 Å². The number of para-hydroxylation sites is 1. The number of nitrogens with zero attached hydrogens (tertiary/aromatic N) is 1. The fourth-order valence-electron chi connectivity index (χ4n) is 4.69. The third kappa shape index (κ3) is 6.79. The van der Waals surface area contributed by atoms with Crippen LogP contribution in [0.3, 0.4) is 0 Å². The predicted molar refractivity (Wildman–Crippen MR) is 147 cm³/mol. The maximum absolute atomic E-state index is 14.3. The number of hydrogen-bond donors (Lipinski definition) is 3. The Bertz CT molecular complexity index is 1390. The molecule has 2 atom stereocenters. The first-order valence-electron chi connectivity index (χ1n) is 12.7. The van der Waals surface area contributed by atoms with Gasteiger partial charge in [0.15, 0.2) is 11.6 Å². The molecule has 1 aliphatic heterocycles. The zero-order chi connectivity index (χ0) is 28.3. The van der Waals surface area contributed by atoms with E-state index in [0.717, 1.165) is 17.7 Å². The first kappa shape index (κ1) is 27.8. The van der Waals surface area contributed by atoms with E-state index in [9.17, 15) is 23.2 Å². The summed E-state index contributed by atoms with van der Waals surface area (Å²) < 4.78 is 28.1. The van der Waals surface area contributed by atoms with Crippen LogP contribution in [0.1, 0.15) is 49.8 Å². The Hall–Kier alpha value is -4.27. The zero-order valence-corrected chi connectivity index (χ0v) is 22.3. The van der Waals surface area contributed by atoms with Gasteiger partial charge < -0.3 is 20.9 Å². The van der Waals surface area contributed by atoms with Crippen LogP contribution >= 0.6 is 0 Å². The van der Waals surface area contributed by atoms with E-state index in [0.29, 0.717) is 22.5 Å². The summed E-state index contributed by atoms with van der Waals surface area (Å²) in [6, 6.07) is 16.1. The fourth-order valence-corrected chi connectivity index (χ4v) is 4.69. The predicted octanol–water partition coefficient (Wildman–Crippen LogP) is 5.25. The van der Waals surface area contributed by atoms with E-state index in [-0.39, 0.29) is 18.9 Å². The second-order valence-corrected chi connectivity index (χ2v) is 10.8. The lowest BCUT2D eigenvalue weighted by Gasteiger charge is -2.28. The number of nitrogens with one attached hydrogen (secondary N) is 3. The molecule has 0 aliphatic carbocycles. The van der Waals surface area contributed by atoms with Crippen LogP contribution in [0.5, 0.6) is 0 Å². The van der Waals surface area contributed by atoms with Gasteiger partial charge in [-0.25, -0.2) is 13.6 Å². The summed E-state index contributed by atoms with van der Waals surface area (Å²) in [4.78, 5) is 41.2. The molecule has 3 aromatic carbocycles. The summed E-state index contributed by atoms with van der Waals surface area (Å²) in [5.41, 5.74) is 2.61. The normalized spacial score (nSPS) is 17.2. The monoisotopic (exact) mass is 534 g/mol. The number of urea groups is 1. The number of carbonyl (C=O) groups is 3. The summed E-state index contributed by atoms with van der Waals surface area (Å²) in [6.07, 6.45) is 0.0691. The van der Waals surface area contributed by atoms with E-state index in [4.69, 9.17) is 0 Å². The van der Waals surface area contributed by atoms with Crippen molar-refractivity contribution < 1.29 is 23.2 Å². The molecule has 2 unspecified atom stereocenters. The van der Waals surface area contributed by atoms with Gasteiger partial charge in [-0.05, 0) is 75.6 Å². The number of carbonyl (C=O) groups excluding carboxylic acids is 3. The van der Waals surface area contributed by atoms with Gasteiger partial charge in [-0.2, -0.15) is 0 Å². The molecule has 0 bridgehead atoms. The van der Waals surface area contributed by atoms with Crippen molar-refractivity contribution in [2.75, 3.05) is 16.8 Å². The summed E-state index contributed by atoms with van der Waals surface area (Å²) in [5.74, 6) is -3.43. The standard InChI is InChI=1S/C30H32F2N4O3/c1-18-9-12-20(13-10-18)33-29(39)34-25-16-22(19-11-14-23(31)24(32)15-19)21-7-5-6-8-26(21)36(28(25)38)17-27(37)35-30(2,3)4/h5-15,22,25H,16-17H2,1-4H3,(H,35,37)(H2,33,34,39). The molecule has 1 aliphatic rings. The number of rotatable bonds is 5. The van der Waals surface area contributed by atoms with Crippen LogP contribution in [0, 0.1) is 18.6 Å². The highest BCUT2D eigenvalue weighted by atomic mass is 19.2. The van der Waals surface area contributed by atoms with Gasteiger partial charge in [0.1, 0.15) is 12.6 Å². The van der Waals surface area contributed by atoms with Crippen molar-refractivity contribution in [2.24, 2.45) is 0 Å². The Kier molecular flexibility index (Phi) is 7.99. The summed E-state index contributed by atoms with van der Waals surface area (Å²) in [5, 5.41) is 8.33. The van der Waals surface area contributed by atoms with Crippen LogP contribution < -0.4 is 20.9 Å². The van der Waals surface area contributed by atoms with E-state index in [2.05, 4.69) is 16.0 Å². The molecule has 4 amide bonds. The lowest BCUT2D eigenvalue weighted by atomic mass is 9.86. The van der Waals surface area contributed by atoms with E-state index in [1.165, 1.54) is 11.0 Å². The first-order chi connectivity index (χ1) is 18.4. The fraction of sp³-hybridized carbons (Fsp3) is 0.300. The molecule has 0 saturated heterocycles. The third-order valence-electron chi connectivity index (χ3n) is 6.42. The molecular weight excluding hydrogens is 502 g/mol. The SMILES string of the molecule is Cc1ccc(NC(=O)NC2CC(c3ccc(F)c(F)c3)c3ccccc3N(CC(=O)NC(C)(C)C)C2=O)cc1. The Morgan fingerprint density at radius 2 is 1.67 bits per heavy atom. The van der Waals surface area contributed by atoms with E-state index >= 15 is 0 Å². The van der Waals surface area contributed by atoms with Crippen LogP contribution in [-0.2, 0) is 9.59 Å². The van der Waals surface area contributed by atoms with Gasteiger partial charge >= 0.3 is 6.03 Å². The van der Waals surface area contributed by atoms with Crippen LogP contribution in [0.2, 0.25) is 0 Å². The number of aryl methyl sites for hydroxylation is 1. The van der Waals surface area contributed by atoms with Crippen molar-refractivity contribution in [3.8, 4) is 0 Å². The molecule has 39 heavy (non-hydrogen) atoms. The van der Waals surface area contributed by atoms with Crippen molar-refractivity contribution in [1.29, 1.82) is 0 Å². The van der Waals surface area contributed by atoms with Gasteiger partial charge in [-0.3, -0.25) is 9.59 Å². The van der Waals surface area contributed by atoms with Gasteiger partial charge in [0, 0.05) is 22.8 Å². The van der Waals surface area contributed by atoms with Crippen molar-refractivity contribution in [3.63, 3.8) is 0 Å². The molecule has 4 rings (SSSR count). The molecule has 204 valence electrons. The second kappa shape index (κ2) is 11.2. The highest BCUT2D eigenvalue weighted by Crippen LogP contribution is 2.39. The maximum Gasteiger partial charge on any atom is 0.319 e. The molecule has 0 radical (unpaired) electrons. The minimum Gasteiger partial charge on any atom is -0.350 e. The van der Waals surface area contributed by atoms with Crippen LogP contribution in [-0.4, -0.2) is 36.0 Å². The lowest BCUT2D eigenvalue weighted by molar-refractivity contribution is -0.125. The number of anilines is 2. The van der Waals surface area contributed by atoms with Gasteiger partial charge in [0.25, 0.3) is 0 Å². The van der Waals surface area contributed by atoms with Crippen LogP contribution in [0.25, 0.3) is 0 Å². The molecule has 0 saturated carbocycles. The van der Waals surface area contributed by atoms with Crippen LogP contribution in [0.15, 0.2) is 66.7 Å². The Labute approximate surface area is 226 Å². The molecule has 7 nitrogen and oxygen atoms in total. The maximum atomic E-state index is 14.3. The van der Waals surface area contributed by atoms with Gasteiger partial charge in [0.2, 0.25) is 11.8 Å². The number of benzene rings is 3. The minimum atomic E-state index is -1.07. The average molecular weight is 535 g/mol. The zero-order valence-electron chi connectivity index (χ0n) is 22.3. The number of amides is 4. The Morgan fingerprint density at radius 3 is 2.33 bits per heavy atom. The third-order valence-corrected chi connectivity index (χ3v) is 6.42. The van der Waals surface area contributed by atoms with Crippen molar-refractivity contribution in [1.82, 2.24) is 10.6 Å². The Balaban J connectivity index is 1.72. The van der Waals surface area contributed by atoms with Crippen molar-refractivity contribution in [2.45, 2.75) is 51.6 Å². The quantitative estimate of drug-likeness (QED) is 0.418. The Morgan fingerprint density at radius 1 is 0.974 bits per heavy atom. The molecule has 3 aromatic rings. The van der Waals surface area contributed by atoms with Crippen molar-refractivity contribution >= 4 is 29.2 Å². The second-order valence-electron chi connectivity index (χ2n) is 10.8. The molecular formula is C30H32F2N4O3. The van der Waals surface area contributed by atoms with E-state index in [1.54, 1.807) is 36.4 Å². The highest BCUT2D eigenvalue weighted by molar-refractivity contribution is 6.05. The summed E-state index contributed by atoms with van der Waals surface area (Å²) in [7, 11) is 0. The molecule has 9 heteroatoms. The molecule has 0 spiro atoms. The summed E-state index contributed by atoms with van der Waals surface area (Å²) >= 11 is 0. The summed E-state index contributed by atoms with van der Waals surface area (Å²) in [6.45, 7) is 7.15. The highest BCUT2D eigenvalue weighted by Gasteiger charge is 2.37. The topological polar surface area (TPSA) is 90.5 Å². The molecule has 0 aromatic heterocycles. The average Bonchev–Trinajstić information content (AvgIpc) is 2.97. The lowest BCUT2D eigenvalue weighted by Crippen LogP contribution is -2.53. The van der Waals surface area contributed by atoms with E-state index < -0.39 is 41.1 Å². The van der Waals surface area contributed by atoms with Gasteiger partial charge in [-0.15, -0.1) is 0 Å². The van der Waals surface area contributed by atoms with Gasteiger partial charge in [-0.1, -0.05) is 42.0 Å². The van der Waals surface area contributed by atoms with E-state index in [1.807, 2.05) is 39.8 Å². The molecule has 3 N–H and O–H groups in total. The number of halogens is 2. The minimum absolute atomic E-state index is 0.0691.